The average Bonchev–Trinajstić information content (AvgIpc) is 2.76. The van der Waals surface area contributed by atoms with E-state index in [1.807, 2.05) is 0 Å². The molecular weight excluding hydrogens is 716 g/mol. The highest BCUT2D eigenvalue weighted by Gasteiger charge is 2.96. The molecular formula is C13H3F22NO6S. The Balaban J connectivity index is 7.39. The Morgan fingerprint density at radius 1 is 0.442 bits per heavy atom. The molecule has 1 atom stereocenters. The zero-order valence-corrected chi connectivity index (χ0v) is 19.1. The summed E-state index contributed by atoms with van der Waals surface area (Å²) in [7, 11) is -9.23. The summed E-state index contributed by atoms with van der Waals surface area (Å²) in [6.45, 7) is 0. The second kappa shape index (κ2) is 9.91. The van der Waals surface area contributed by atoms with Gasteiger partial charge in [0.15, 0.2) is 0 Å². The van der Waals surface area contributed by atoms with Gasteiger partial charge in [-0.3, -0.25) is 0 Å². The van der Waals surface area contributed by atoms with Crippen molar-refractivity contribution >= 4 is 22.0 Å². The normalized spacial score (nSPS) is 17.4. The molecule has 0 aromatic heterocycles. The summed E-state index contributed by atoms with van der Waals surface area (Å²) in [6, 6.07) is 0. The van der Waals surface area contributed by atoms with Gasteiger partial charge in [-0.2, -0.15) is 96.9 Å². The maximum absolute atomic E-state index is 14.2. The van der Waals surface area contributed by atoms with Gasteiger partial charge >= 0.3 is 76.5 Å². The Morgan fingerprint density at radius 3 is 0.977 bits per heavy atom. The molecule has 0 bridgehead atoms. The SMILES string of the molecule is O=C(O)C(F)(F)C(F)(F)[C@](F)(NS(=O)(=O)C(F)(F)C(F)(F)C(F)(F)C(F)(F)C(F)(F)C(F)(F)C(F)(F)C(F)(F)F)C(=O)O. The van der Waals surface area contributed by atoms with E-state index in [2.05, 4.69) is 0 Å². The van der Waals surface area contributed by atoms with Crippen LogP contribution < -0.4 is 4.72 Å². The third-order valence-electron chi connectivity index (χ3n) is 4.70. The van der Waals surface area contributed by atoms with Crippen molar-refractivity contribution in [2.75, 3.05) is 0 Å². The molecule has 0 rings (SSSR count). The maximum atomic E-state index is 14.2. The van der Waals surface area contributed by atoms with Crippen LogP contribution in [0.15, 0.2) is 0 Å². The lowest BCUT2D eigenvalue weighted by atomic mass is 9.91. The molecule has 0 unspecified atom stereocenters. The molecule has 0 heterocycles. The fourth-order valence-electron chi connectivity index (χ4n) is 2.16. The molecule has 0 amide bonds. The summed E-state index contributed by atoms with van der Waals surface area (Å²) in [6.07, 6.45) is -8.16. The van der Waals surface area contributed by atoms with Crippen molar-refractivity contribution in [3.8, 4) is 0 Å². The number of carboxylic acid groups (broad SMARTS) is 2. The Morgan fingerprint density at radius 2 is 0.721 bits per heavy atom. The summed E-state index contributed by atoms with van der Waals surface area (Å²) in [5.74, 6) is -86.8. The Hall–Kier alpha value is -2.69. The van der Waals surface area contributed by atoms with Crippen LogP contribution in [0, 0.1) is 0 Å². The van der Waals surface area contributed by atoms with Crippen LogP contribution in [0.1, 0.15) is 0 Å². The Kier molecular flexibility index (Phi) is 9.29. The highest BCUT2D eigenvalue weighted by Crippen LogP contribution is 2.64. The second-order valence-electron chi connectivity index (χ2n) is 7.48. The summed E-state index contributed by atoms with van der Waals surface area (Å²) >= 11 is 0. The highest BCUT2D eigenvalue weighted by atomic mass is 32.2. The first-order valence-electron chi connectivity index (χ1n) is 8.75. The minimum Gasteiger partial charge on any atom is -0.478 e. The van der Waals surface area contributed by atoms with E-state index in [4.69, 9.17) is 10.2 Å². The van der Waals surface area contributed by atoms with Crippen LogP contribution >= 0.6 is 0 Å². The topological polar surface area (TPSA) is 121 Å². The second-order valence-corrected chi connectivity index (χ2v) is 9.21. The highest BCUT2D eigenvalue weighted by molar-refractivity contribution is 7.90. The van der Waals surface area contributed by atoms with E-state index in [0.717, 1.165) is 0 Å². The molecule has 0 aromatic rings. The van der Waals surface area contributed by atoms with Gasteiger partial charge in [0.2, 0.25) is 0 Å². The zero-order valence-electron chi connectivity index (χ0n) is 18.3. The predicted octanol–water partition coefficient (Wildman–Crippen LogP) is 4.98. The first-order valence-corrected chi connectivity index (χ1v) is 10.2. The minimum absolute atomic E-state index is 1.75. The maximum Gasteiger partial charge on any atom is 0.460 e. The third kappa shape index (κ3) is 4.93. The van der Waals surface area contributed by atoms with Crippen LogP contribution in [0.25, 0.3) is 0 Å². The number of nitrogens with one attached hydrogen (secondary N) is 1. The fourth-order valence-corrected chi connectivity index (χ4v) is 3.34. The molecule has 0 spiro atoms. The number of hydrogen-bond donors (Lipinski definition) is 3. The fraction of sp³-hybridized carbons (Fsp3) is 0.846. The molecule has 0 aromatic carbocycles. The van der Waals surface area contributed by atoms with Gasteiger partial charge in [-0.05, 0) is 0 Å². The molecule has 43 heavy (non-hydrogen) atoms. The molecule has 0 radical (unpaired) electrons. The van der Waals surface area contributed by atoms with Crippen molar-refractivity contribution in [2.45, 2.75) is 64.6 Å². The van der Waals surface area contributed by atoms with Crippen molar-refractivity contribution in [2.24, 2.45) is 0 Å². The van der Waals surface area contributed by atoms with Gasteiger partial charge in [-0.15, -0.1) is 0 Å². The number of rotatable bonds is 13. The van der Waals surface area contributed by atoms with Crippen molar-refractivity contribution in [3.63, 3.8) is 0 Å². The monoisotopic (exact) mass is 719 g/mol. The minimum atomic E-state index is -9.43. The van der Waals surface area contributed by atoms with E-state index in [1.165, 1.54) is 0 Å². The number of alkyl halides is 22. The molecule has 30 heteroatoms. The summed E-state index contributed by atoms with van der Waals surface area (Å²) in [5.41, 5.74) is 0. The van der Waals surface area contributed by atoms with Gasteiger partial charge in [-0.1, -0.05) is 0 Å². The molecule has 3 N–H and O–H groups in total. The number of carboxylic acids is 2. The summed E-state index contributed by atoms with van der Waals surface area (Å²) in [5, 5.41) is 7.24. The first kappa shape index (κ1) is 40.3. The van der Waals surface area contributed by atoms with Crippen molar-refractivity contribution in [1.82, 2.24) is 4.72 Å². The average molecular weight is 719 g/mol. The molecule has 0 fully saturated rings. The smallest absolute Gasteiger partial charge is 0.460 e. The van der Waals surface area contributed by atoms with Crippen LogP contribution in [-0.4, -0.2) is 95.2 Å². The molecule has 256 valence electrons. The van der Waals surface area contributed by atoms with Crippen molar-refractivity contribution in [1.29, 1.82) is 0 Å². The van der Waals surface area contributed by atoms with E-state index in [0.29, 0.717) is 0 Å². The first-order chi connectivity index (χ1) is 18.1. The molecule has 0 saturated carbocycles. The molecule has 0 aliphatic heterocycles. The van der Waals surface area contributed by atoms with Crippen LogP contribution in [0.4, 0.5) is 96.6 Å². The number of halogens is 22. The van der Waals surface area contributed by atoms with Crippen LogP contribution in [0.3, 0.4) is 0 Å². The molecule has 0 aliphatic carbocycles. The van der Waals surface area contributed by atoms with Gasteiger partial charge in [0, 0.05) is 0 Å². The number of hydrogen-bond acceptors (Lipinski definition) is 4. The standard InChI is InChI=1S/C13H3F22NO6S/c14-3(15,1(37)38)5(17,18)4(16,2(39)40)36-43(41,42)13(34,35)11(29,30)9(25,26)7(21,22)6(19,20)8(23,24)10(27,28)12(31,32)33/h36H,(H,37,38)(H,39,40)/t4-/m1/s1. The van der Waals surface area contributed by atoms with Crippen LogP contribution in [0.2, 0.25) is 0 Å². The quantitative estimate of drug-likeness (QED) is 0.183. The van der Waals surface area contributed by atoms with Crippen LogP contribution in [-0.2, 0) is 19.6 Å². The van der Waals surface area contributed by atoms with E-state index >= 15 is 0 Å². The van der Waals surface area contributed by atoms with Gasteiger partial charge < -0.3 is 10.2 Å². The Bertz CT molecular complexity index is 1220. The van der Waals surface area contributed by atoms with Gasteiger partial charge in [0.25, 0.3) is 10.0 Å². The van der Waals surface area contributed by atoms with E-state index in [9.17, 15) is 115 Å². The molecule has 0 saturated heterocycles. The van der Waals surface area contributed by atoms with Gasteiger partial charge in [0.1, 0.15) is 0 Å². The Labute approximate surface area is 217 Å². The van der Waals surface area contributed by atoms with E-state index in [-0.39, 0.29) is 0 Å². The zero-order chi connectivity index (χ0) is 35.9. The van der Waals surface area contributed by atoms with Gasteiger partial charge in [-0.25, -0.2) is 22.4 Å². The largest absolute Gasteiger partial charge is 0.478 e. The number of aliphatic carboxylic acids is 2. The predicted molar refractivity (Wildman–Crippen MR) is 81.7 cm³/mol. The van der Waals surface area contributed by atoms with E-state index < -0.39 is 91.3 Å². The molecule has 7 nitrogen and oxygen atoms in total. The number of sulfonamides is 1. The number of carbonyl (C=O) groups is 2. The van der Waals surface area contributed by atoms with E-state index in [1.54, 1.807) is 0 Å². The van der Waals surface area contributed by atoms with Gasteiger partial charge in [0.05, 0.1) is 0 Å². The molecule has 0 aliphatic rings. The van der Waals surface area contributed by atoms with Crippen molar-refractivity contribution < 1.29 is 125 Å². The lowest BCUT2D eigenvalue weighted by molar-refractivity contribution is -0.458. The third-order valence-corrected chi connectivity index (χ3v) is 6.18. The summed E-state index contributed by atoms with van der Waals surface area (Å²) < 4.78 is 313. The van der Waals surface area contributed by atoms with Crippen LogP contribution in [0.5, 0.6) is 0 Å². The lowest BCUT2D eigenvalue weighted by Crippen LogP contribution is -2.76. The summed E-state index contributed by atoms with van der Waals surface area (Å²) in [4.78, 5) is 20.7. The van der Waals surface area contributed by atoms with Crippen molar-refractivity contribution in [3.05, 3.63) is 0 Å². The lowest BCUT2D eigenvalue weighted by Gasteiger charge is -2.42.